The Bertz CT molecular complexity index is 461. The van der Waals surface area contributed by atoms with E-state index >= 15 is 0 Å². The van der Waals surface area contributed by atoms with Crippen LogP contribution < -0.4 is 10.5 Å². The van der Waals surface area contributed by atoms with Gasteiger partial charge in [-0.1, -0.05) is 18.2 Å². The number of carbonyl (C=O) groups excluding carboxylic acids is 1. The quantitative estimate of drug-likeness (QED) is 0.795. The van der Waals surface area contributed by atoms with Crippen molar-refractivity contribution in [2.24, 2.45) is 5.73 Å². The number of nitrogens with two attached hydrogens (primary N) is 1. The highest BCUT2D eigenvalue weighted by atomic mass is 16.6. The molecule has 0 aliphatic heterocycles. The van der Waals surface area contributed by atoms with Crippen LogP contribution in [-0.4, -0.2) is 12.5 Å². The molecule has 4 heteroatoms. The number of furan rings is 1. The van der Waals surface area contributed by atoms with Gasteiger partial charge < -0.3 is 14.9 Å². The van der Waals surface area contributed by atoms with E-state index in [1.54, 1.807) is 6.26 Å². The van der Waals surface area contributed by atoms with Crippen LogP contribution in [-0.2, 0) is 4.79 Å². The second-order valence-corrected chi connectivity index (χ2v) is 2.87. The Kier molecular flexibility index (Phi) is 2.10. The van der Waals surface area contributed by atoms with Crippen LogP contribution in [0.4, 0.5) is 0 Å². The second kappa shape index (κ2) is 3.41. The Labute approximate surface area is 80.3 Å². The maximum absolute atomic E-state index is 10.5. The van der Waals surface area contributed by atoms with Crippen molar-refractivity contribution in [3.05, 3.63) is 30.5 Å². The number of benzene rings is 1. The van der Waals surface area contributed by atoms with Gasteiger partial charge in [0.05, 0.1) is 5.39 Å². The molecule has 2 N–H and O–H groups in total. The summed E-state index contributed by atoms with van der Waals surface area (Å²) in [6, 6.07) is 7.52. The molecule has 0 unspecified atom stereocenters. The molecule has 0 radical (unpaired) electrons. The monoisotopic (exact) mass is 191 g/mol. The van der Waals surface area contributed by atoms with Gasteiger partial charge in [-0.2, -0.15) is 0 Å². The van der Waals surface area contributed by atoms with Gasteiger partial charge in [0.2, 0.25) is 0 Å². The molecule has 1 amide bonds. The zero-order valence-corrected chi connectivity index (χ0v) is 7.40. The lowest BCUT2D eigenvalue weighted by molar-refractivity contribution is -0.120. The van der Waals surface area contributed by atoms with Crippen LogP contribution in [0.5, 0.6) is 5.95 Å². The number of amides is 1. The molecule has 0 spiro atoms. The molecule has 1 aromatic carbocycles. The normalized spacial score (nSPS) is 10.3. The van der Waals surface area contributed by atoms with Crippen molar-refractivity contribution in [3.8, 4) is 5.95 Å². The first-order valence-corrected chi connectivity index (χ1v) is 4.15. The molecule has 0 aliphatic carbocycles. The van der Waals surface area contributed by atoms with E-state index in [2.05, 4.69) is 0 Å². The number of ether oxygens (including phenoxy) is 1. The van der Waals surface area contributed by atoms with Gasteiger partial charge in [-0.3, -0.25) is 4.79 Å². The highest BCUT2D eigenvalue weighted by Crippen LogP contribution is 2.27. The van der Waals surface area contributed by atoms with Gasteiger partial charge in [-0.05, 0) is 6.07 Å². The Balaban J connectivity index is 2.29. The molecule has 0 bridgehead atoms. The van der Waals surface area contributed by atoms with Crippen LogP contribution in [0.2, 0.25) is 0 Å². The summed E-state index contributed by atoms with van der Waals surface area (Å²) < 4.78 is 10.2. The predicted octanol–water partition coefficient (Wildman–Crippen LogP) is 1.30. The van der Waals surface area contributed by atoms with E-state index in [1.807, 2.05) is 24.3 Å². The fourth-order valence-electron chi connectivity index (χ4n) is 1.21. The van der Waals surface area contributed by atoms with Gasteiger partial charge in [-0.25, -0.2) is 0 Å². The van der Waals surface area contributed by atoms with E-state index in [1.165, 1.54) is 0 Å². The van der Waals surface area contributed by atoms with Crippen LogP contribution in [0.3, 0.4) is 0 Å². The number of primary amides is 1. The summed E-state index contributed by atoms with van der Waals surface area (Å²) in [5, 5.41) is 1.78. The van der Waals surface area contributed by atoms with E-state index in [9.17, 15) is 4.79 Å². The second-order valence-electron chi connectivity index (χ2n) is 2.87. The molecule has 0 saturated carbocycles. The molecular formula is C10H9NO3. The smallest absolute Gasteiger partial charge is 0.292 e. The first-order valence-electron chi connectivity index (χ1n) is 4.15. The summed E-state index contributed by atoms with van der Waals surface area (Å²) in [7, 11) is 0. The van der Waals surface area contributed by atoms with E-state index in [0.717, 1.165) is 10.8 Å². The Morgan fingerprint density at radius 2 is 2.21 bits per heavy atom. The number of rotatable bonds is 3. The van der Waals surface area contributed by atoms with Crippen molar-refractivity contribution in [1.29, 1.82) is 0 Å². The average Bonchev–Trinajstić information content (AvgIpc) is 2.58. The summed E-state index contributed by atoms with van der Waals surface area (Å²) in [5.41, 5.74) is 4.95. The van der Waals surface area contributed by atoms with Crippen molar-refractivity contribution >= 4 is 16.7 Å². The molecule has 72 valence electrons. The summed E-state index contributed by atoms with van der Waals surface area (Å²) in [6.45, 7) is -0.169. The van der Waals surface area contributed by atoms with Crippen molar-refractivity contribution in [2.45, 2.75) is 0 Å². The van der Waals surface area contributed by atoms with Gasteiger partial charge in [-0.15, -0.1) is 0 Å². The summed E-state index contributed by atoms with van der Waals surface area (Å²) in [6.07, 6.45) is 1.58. The molecule has 2 aromatic rings. The van der Waals surface area contributed by atoms with Gasteiger partial charge in [0.15, 0.2) is 6.61 Å². The molecule has 0 fully saturated rings. The average molecular weight is 191 g/mol. The van der Waals surface area contributed by atoms with Crippen molar-refractivity contribution < 1.29 is 13.9 Å². The molecule has 14 heavy (non-hydrogen) atoms. The van der Waals surface area contributed by atoms with Gasteiger partial charge in [0.1, 0.15) is 6.26 Å². The highest BCUT2D eigenvalue weighted by molar-refractivity contribution is 5.86. The molecule has 0 aliphatic rings. The summed E-state index contributed by atoms with van der Waals surface area (Å²) in [5.74, 6) is -0.190. The first-order chi connectivity index (χ1) is 6.77. The van der Waals surface area contributed by atoms with Gasteiger partial charge >= 0.3 is 0 Å². The molecular weight excluding hydrogens is 182 g/mol. The molecule has 4 nitrogen and oxygen atoms in total. The summed E-state index contributed by atoms with van der Waals surface area (Å²) in [4.78, 5) is 10.5. The minimum atomic E-state index is -0.523. The largest absolute Gasteiger partial charge is 0.455 e. The van der Waals surface area contributed by atoms with Crippen LogP contribution >= 0.6 is 0 Å². The fourth-order valence-corrected chi connectivity index (χ4v) is 1.21. The molecule has 1 heterocycles. The maximum atomic E-state index is 10.5. The van der Waals surface area contributed by atoms with Crippen LogP contribution in [0.1, 0.15) is 0 Å². The van der Waals surface area contributed by atoms with E-state index in [-0.39, 0.29) is 6.61 Å². The van der Waals surface area contributed by atoms with Crippen molar-refractivity contribution in [2.75, 3.05) is 6.61 Å². The minimum absolute atomic E-state index is 0.169. The van der Waals surface area contributed by atoms with Crippen LogP contribution in [0, 0.1) is 0 Å². The topological polar surface area (TPSA) is 65.5 Å². The predicted molar refractivity (Wildman–Crippen MR) is 50.9 cm³/mol. The molecule has 0 saturated heterocycles. The van der Waals surface area contributed by atoms with Crippen LogP contribution in [0.15, 0.2) is 34.9 Å². The van der Waals surface area contributed by atoms with E-state index in [4.69, 9.17) is 14.9 Å². The number of fused-ring (bicyclic) bond motifs is 1. The SMILES string of the molecule is NC(=O)COc1occ2ccccc12. The standard InChI is InChI=1S/C10H9NO3/c11-9(12)6-14-10-8-4-2-1-3-7(8)5-13-10/h1-5H,6H2,(H2,11,12). The Morgan fingerprint density at radius 3 is 3.00 bits per heavy atom. The summed E-state index contributed by atoms with van der Waals surface area (Å²) >= 11 is 0. The third kappa shape index (κ3) is 1.54. The molecule has 1 aromatic heterocycles. The zero-order valence-electron chi connectivity index (χ0n) is 7.40. The van der Waals surface area contributed by atoms with Gasteiger partial charge in [0.25, 0.3) is 11.9 Å². The minimum Gasteiger partial charge on any atom is -0.455 e. The number of carbonyl (C=O) groups is 1. The van der Waals surface area contributed by atoms with Crippen molar-refractivity contribution in [3.63, 3.8) is 0 Å². The number of hydrogen-bond donors (Lipinski definition) is 1. The third-order valence-electron chi connectivity index (χ3n) is 1.82. The lowest BCUT2D eigenvalue weighted by atomic mass is 10.2. The molecule has 2 rings (SSSR count). The highest BCUT2D eigenvalue weighted by Gasteiger charge is 2.07. The van der Waals surface area contributed by atoms with E-state index in [0.29, 0.717) is 5.95 Å². The Hall–Kier alpha value is -1.97. The van der Waals surface area contributed by atoms with Crippen molar-refractivity contribution in [1.82, 2.24) is 0 Å². The van der Waals surface area contributed by atoms with Gasteiger partial charge in [0, 0.05) is 5.39 Å². The molecule has 0 atom stereocenters. The fraction of sp³-hybridized carbons (Fsp3) is 0.100. The first kappa shape index (κ1) is 8.62. The number of hydrogen-bond acceptors (Lipinski definition) is 3. The maximum Gasteiger partial charge on any atom is 0.292 e. The lowest BCUT2D eigenvalue weighted by Gasteiger charge is -1.98. The van der Waals surface area contributed by atoms with Crippen LogP contribution in [0.25, 0.3) is 10.8 Å². The zero-order chi connectivity index (χ0) is 9.97. The third-order valence-corrected chi connectivity index (χ3v) is 1.82. The lowest BCUT2D eigenvalue weighted by Crippen LogP contribution is -2.19. The Morgan fingerprint density at radius 1 is 1.43 bits per heavy atom. The van der Waals surface area contributed by atoms with E-state index < -0.39 is 5.91 Å².